The van der Waals surface area contributed by atoms with Crippen LogP contribution in [0.2, 0.25) is 0 Å². The van der Waals surface area contributed by atoms with Gasteiger partial charge >= 0.3 is 6.03 Å². The van der Waals surface area contributed by atoms with Crippen molar-refractivity contribution in [1.82, 2.24) is 4.90 Å². The van der Waals surface area contributed by atoms with Gasteiger partial charge in [0, 0.05) is 37.5 Å². The van der Waals surface area contributed by atoms with Gasteiger partial charge in [-0.2, -0.15) is 0 Å². The minimum atomic E-state index is -0.970. The summed E-state index contributed by atoms with van der Waals surface area (Å²) in [5.41, 5.74) is 0.845. The maximum Gasteiger partial charge on any atom is 0.332 e. The van der Waals surface area contributed by atoms with Crippen LogP contribution < -0.4 is 24.4 Å². The lowest BCUT2D eigenvalue weighted by molar-refractivity contribution is -0.124. The highest BCUT2D eigenvalue weighted by atomic mass is 16.5. The standard InChI is InChI=1S/C23H27N3O7/c1-30-10-9-25-20(14-21(27)24-15-11-18(32-3)13-19(12-15)33-4)22(28)26(23(25)29)16-5-7-17(31-2)8-6-16/h5-8,11-13,20H,9-10,14H2,1-4H3,(H,24,27). The van der Waals surface area contributed by atoms with Crippen LogP contribution in [-0.4, -0.2) is 70.4 Å². The van der Waals surface area contributed by atoms with Crippen molar-refractivity contribution >= 4 is 29.2 Å². The molecule has 3 rings (SSSR count). The molecule has 1 atom stereocenters. The summed E-state index contributed by atoms with van der Waals surface area (Å²) in [7, 11) is 6.04. The normalized spacial score (nSPS) is 15.6. The fraction of sp³-hybridized carbons (Fsp3) is 0.348. The maximum atomic E-state index is 13.2. The average molecular weight is 457 g/mol. The Morgan fingerprint density at radius 2 is 1.52 bits per heavy atom. The summed E-state index contributed by atoms with van der Waals surface area (Å²) >= 11 is 0. The van der Waals surface area contributed by atoms with Crippen LogP contribution in [0.5, 0.6) is 17.2 Å². The lowest BCUT2D eigenvalue weighted by Gasteiger charge is -2.21. The Labute approximate surface area is 192 Å². The molecule has 2 aromatic rings. The molecule has 1 heterocycles. The van der Waals surface area contributed by atoms with Crippen LogP contribution in [0.25, 0.3) is 0 Å². The van der Waals surface area contributed by atoms with Gasteiger partial charge in [0.15, 0.2) is 0 Å². The van der Waals surface area contributed by atoms with E-state index in [2.05, 4.69) is 5.32 Å². The molecule has 10 heteroatoms. The lowest BCUT2D eigenvalue weighted by atomic mass is 10.1. The van der Waals surface area contributed by atoms with Gasteiger partial charge in [0.25, 0.3) is 5.91 Å². The number of urea groups is 1. The van der Waals surface area contributed by atoms with Crippen LogP contribution in [0.3, 0.4) is 0 Å². The van der Waals surface area contributed by atoms with Crippen LogP contribution in [0.15, 0.2) is 42.5 Å². The number of hydrogen-bond acceptors (Lipinski definition) is 7. The van der Waals surface area contributed by atoms with Gasteiger partial charge in [-0.3, -0.25) is 9.59 Å². The number of imide groups is 1. The van der Waals surface area contributed by atoms with Crippen molar-refractivity contribution in [3.63, 3.8) is 0 Å². The van der Waals surface area contributed by atoms with E-state index in [4.69, 9.17) is 18.9 Å². The maximum absolute atomic E-state index is 13.2. The first-order valence-electron chi connectivity index (χ1n) is 10.2. The van der Waals surface area contributed by atoms with Crippen molar-refractivity contribution in [2.45, 2.75) is 12.5 Å². The van der Waals surface area contributed by atoms with Gasteiger partial charge < -0.3 is 29.2 Å². The molecule has 0 aliphatic carbocycles. The predicted octanol–water partition coefficient (Wildman–Crippen LogP) is 2.52. The molecule has 10 nitrogen and oxygen atoms in total. The van der Waals surface area contributed by atoms with Gasteiger partial charge in [-0.05, 0) is 24.3 Å². The van der Waals surface area contributed by atoms with E-state index in [0.717, 1.165) is 4.90 Å². The smallest absolute Gasteiger partial charge is 0.332 e. The summed E-state index contributed by atoms with van der Waals surface area (Å²) in [6, 6.07) is 10.0. The van der Waals surface area contributed by atoms with Crippen molar-refractivity contribution in [2.75, 3.05) is 51.8 Å². The Hall–Kier alpha value is -3.79. The molecule has 176 valence electrons. The number of carbonyl (C=O) groups excluding carboxylic acids is 3. The molecule has 0 spiro atoms. The summed E-state index contributed by atoms with van der Waals surface area (Å²) in [6.45, 7) is 0.388. The van der Waals surface area contributed by atoms with E-state index in [0.29, 0.717) is 28.6 Å². The van der Waals surface area contributed by atoms with Crippen molar-refractivity contribution in [1.29, 1.82) is 0 Å². The second kappa shape index (κ2) is 10.7. The molecule has 33 heavy (non-hydrogen) atoms. The third-order valence-corrected chi connectivity index (χ3v) is 5.20. The fourth-order valence-corrected chi connectivity index (χ4v) is 3.51. The van der Waals surface area contributed by atoms with Crippen LogP contribution in [-0.2, 0) is 14.3 Å². The summed E-state index contributed by atoms with van der Waals surface area (Å²) in [5.74, 6) is 0.683. The Kier molecular flexibility index (Phi) is 7.73. The summed E-state index contributed by atoms with van der Waals surface area (Å²) < 4.78 is 20.7. The number of nitrogens with one attached hydrogen (secondary N) is 1. The van der Waals surface area contributed by atoms with Crippen molar-refractivity contribution in [3.8, 4) is 17.2 Å². The quantitative estimate of drug-likeness (QED) is 0.547. The largest absolute Gasteiger partial charge is 0.497 e. The van der Waals surface area contributed by atoms with E-state index in [9.17, 15) is 14.4 Å². The highest BCUT2D eigenvalue weighted by Crippen LogP contribution is 2.29. The molecule has 1 unspecified atom stereocenters. The van der Waals surface area contributed by atoms with Crippen molar-refractivity contribution in [3.05, 3.63) is 42.5 Å². The molecule has 0 radical (unpaired) electrons. The zero-order valence-electron chi connectivity index (χ0n) is 19.0. The van der Waals surface area contributed by atoms with E-state index in [1.807, 2.05) is 0 Å². The summed E-state index contributed by atoms with van der Waals surface area (Å²) in [4.78, 5) is 41.5. The van der Waals surface area contributed by atoms with E-state index >= 15 is 0 Å². The molecule has 1 aliphatic rings. The molecular formula is C23H27N3O7. The Balaban J connectivity index is 1.81. The average Bonchev–Trinajstić information content (AvgIpc) is 3.05. The second-order valence-electron chi connectivity index (χ2n) is 7.21. The molecule has 0 saturated carbocycles. The van der Waals surface area contributed by atoms with Crippen LogP contribution in [0.4, 0.5) is 16.2 Å². The topological polar surface area (TPSA) is 107 Å². The zero-order valence-corrected chi connectivity index (χ0v) is 19.0. The minimum absolute atomic E-state index is 0.165. The van der Waals surface area contributed by atoms with E-state index in [1.54, 1.807) is 42.5 Å². The molecule has 0 aromatic heterocycles. The molecular weight excluding hydrogens is 430 g/mol. The third kappa shape index (κ3) is 5.35. The van der Waals surface area contributed by atoms with Gasteiger partial charge in [-0.25, -0.2) is 9.69 Å². The number of anilines is 2. The number of carbonyl (C=O) groups is 3. The van der Waals surface area contributed by atoms with Gasteiger partial charge in [0.05, 0.1) is 40.0 Å². The van der Waals surface area contributed by atoms with Gasteiger partial charge in [-0.15, -0.1) is 0 Å². The van der Waals surface area contributed by atoms with Gasteiger partial charge in [0.1, 0.15) is 23.3 Å². The predicted molar refractivity (Wildman–Crippen MR) is 121 cm³/mol. The number of benzene rings is 2. The number of hydrogen-bond donors (Lipinski definition) is 1. The second-order valence-corrected chi connectivity index (χ2v) is 7.21. The van der Waals surface area contributed by atoms with E-state index in [1.165, 1.54) is 33.3 Å². The number of nitrogens with zero attached hydrogens (tertiary/aromatic N) is 2. The number of methoxy groups -OCH3 is 4. The Morgan fingerprint density at radius 1 is 0.909 bits per heavy atom. The van der Waals surface area contributed by atoms with Crippen LogP contribution >= 0.6 is 0 Å². The molecule has 1 aliphatic heterocycles. The molecule has 1 saturated heterocycles. The fourth-order valence-electron chi connectivity index (χ4n) is 3.51. The zero-order chi connectivity index (χ0) is 24.0. The Bertz CT molecular complexity index is 987. The molecule has 0 bridgehead atoms. The first-order chi connectivity index (χ1) is 15.9. The van der Waals surface area contributed by atoms with Gasteiger partial charge in [0.2, 0.25) is 5.91 Å². The van der Waals surface area contributed by atoms with Crippen LogP contribution in [0, 0.1) is 0 Å². The Morgan fingerprint density at radius 3 is 2.06 bits per heavy atom. The van der Waals surface area contributed by atoms with Crippen LogP contribution in [0.1, 0.15) is 6.42 Å². The number of ether oxygens (including phenoxy) is 4. The minimum Gasteiger partial charge on any atom is -0.497 e. The first-order valence-corrected chi connectivity index (χ1v) is 10.2. The third-order valence-electron chi connectivity index (χ3n) is 5.20. The SMILES string of the molecule is COCCN1C(=O)N(c2ccc(OC)cc2)C(=O)C1CC(=O)Nc1cc(OC)cc(OC)c1. The first kappa shape index (κ1) is 23.9. The molecule has 4 amide bonds. The number of amides is 4. The van der Waals surface area contributed by atoms with Gasteiger partial charge in [-0.1, -0.05) is 0 Å². The number of rotatable bonds is 10. The molecule has 1 N–H and O–H groups in total. The monoisotopic (exact) mass is 457 g/mol. The van der Waals surface area contributed by atoms with Crippen molar-refractivity contribution in [2.24, 2.45) is 0 Å². The highest BCUT2D eigenvalue weighted by Gasteiger charge is 2.46. The highest BCUT2D eigenvalue weighted by molar-refractivity contribution is 6.22. The van der Waals surface area contributed by atoms with E-state index in [-0.39, 0.29) is 19.6 Å². The molecule has 2 aromatic carbocycles. The summed E-state index contributed by atoms with van der Waals surface area (Å²) in [5, 5.41) is 2.74. The molecule has 1 fully saturated rings. The van der Waals surface area contributed by atoms with E-state index < -0.39 is 23.9 Å². The summed E-state index contributed by atoms with van der Waals surface area (Å²) in [6.07, 6.45) is -0.222. The lowest BCUT2D eigenvalue weighted by Crippen LogP contribution is -2.39. The van der Waals surface area contributed by atoms with Crippen molar-refractivity contribution < 1.29 is 33.3 Å².